The average Bonchev–Trinajstić information content (AvgIpc) is 2.04. The van der Waals surface area contributed by atoms with Crippen molar-refractivity contribution in [2.24, 2.45) is 5.92 Å². The molecule has 0 rings (SSSR count). The van der Waals surface area contributed by atoms with Crippen LogP contribution in [-0.4, -0.2) is 37.5 Å². The van der Waals surface area contributed by atoms with Crippen LogP contribution in [0.2, 0.25) is 0 Å². The van der Waals surface area contributed by atoms with Crippen molar-refractivity contribution < 1.29 is 9.84 Å². The maximum Gasteiger partial charge on any atom is 0.100 e. The Morgan fingerprint density at radius 1 is 1.46 bits per heavy atom. The second-order valence-electron chi connectivity index (χ2n) is 4.04. The van der Waals surface area contributed by atoms with E-state index in [0.717, 1.165) is 6.54 Å². The van der Waals surface area contributed by atoms with Crippen molar-refractivity contribution in [3.63, 3.8) is 0 Å². The Labute approximate surface area is 81.5 Å². The summed E-state index contributed by atoms with van der Waals surface area (Å²) in [5.74, 6) is 0.614. The van der Waals surface area contributed by atoms with E-state index in [1.165, 1.54) is 0 Å². The van der Waals surface area contributed by atoms with Crippen LogP contribution in [0.3, 0.4) is 0 Å². The highest BCUT2D eigenvalue weighted by atomic mass is 16.5. The van der Waals surface area contributed by atoms with Crippen molar-refractivity contribution in [3.8, 4) is 0 Å². The maximum atomic E-state index is 9.95. The van der Waals surface area contributed by atoms with Crippen LogP contribution in [0.1, 0.15) is 27.2 Å². The van der Waals surface area contributed by atoms with Crippen LogP contribution in [0.15, 0.2) is 0 Å². The third-order valence-corrected chi connectivity index (χ3v) is 2.08. The summed E-state index contributed by atoms with van der Waals surface area (Å²) in [6.45, 7) is 8.20. The van der Waals surface area contributed by atoms with Crippen LogP contribution in [0.25, 0.3) is 0 Å². The predicted molar refractivity (Wildman–Crippen MR) is 54.8 cm³/mol. The standard InChI is InChI=1S/C10H23NO2/c1-5-10(12,8-13-4)7-11-6-9(2)3/h9,11-12H,5-8H2,1-4H3. The molecule has 0 aromatic rings. The van der Waals surface area contributed by atoms with Gasteiger partial charge >= 0.3 is 0 Å². The summed E-state index contributed by atoms with van der Waals surface area (Å²) in [6.07, 6.45) is 0.714. The summed E-state index contributed by atoms with van der Waals surface area (Å²) in [6, 6.07) is 0. The summed E-state index contributed by atoms with van der Waals surface area (Å²) < 4.78 is 4.97. The van der Waals surface area contributed by atoms with Crippen molar-refractivity contribution >= 4 is 0 Å². The zero-order chi connectivity index (χ0) is 10.3. The first-order valence-corrected chi connectivity index (χ1v) is 4.96. The van der Waals surface area contributed by atoms with Crippen LogP contribution < -0.4 is 5.32 Å². The van der Waals surface area contributed by atoms with E-state index in [1.807, 2.05) is 6.92 Å². The monoisotopic (exact) mass is 189 g/mol. The Bertz CT molecular complexity index is 128. The molecule has 3 nitrogen and oxygen atoms in total. The van der Waals surface area contributed by atoms with Gasteiger partial charge in [-0.05, 0) is 18.9 Å². The molecule has 1 atom stereocenters. The number of rotatable bonds is 7. The molecule has 0 saturated carbocycles. The zero-order valence-corrected chi connectivity index (χ0v) is 9.26. The Balaban J connectivity index is 3.69. The van der Waals surface area contributed by atoms with Gasteiger partial charge in [-0.25, -0.2) is 0 Å². The Morgan fingerprint density at radius 3 is 2.46 bits per heavy atom. The molecule has 2 N–H and O–H groups in total. The number of hydrogen-bond donors (Lipinski definition) is 2. The normalized spacial score (nSPS) is 16.2. The third kappa shape index (κ3) is 6.02. The molecule has 0 aliphatic carbocycles. The second-order valence-corrected chi connectivity index (χ2v) is 4.04. The molecule has 0 fully saturated rings. The number of ether oxygens (including phenoxy) is 1. The van der Waals surface area contributed by atoms with Crippen molar-refractivity contribution in [2.75, 3.05) is 26.8 Å². The van der Waals surface area contributed by atoms with Gasteiger partial charge in [0.1, 0.15) is 5.60 Å². The van der Waals surface area contributed by atoms with Gasteiger partial charge in [0.15, 0.2) is 0 Å². The summed E-state index contributed by atoms with van der Waals surface area (Å²) >= 11 is 0. The summed E-state index contributed by atoms with van der Waals surface area (Å²) in [4.78, 5) is 0. The maximum absolute atomic E-state index is 9.95. The van der Waals surface area contributed by atoms with Gasteiger partial charge in [-0.3, -0.25) is 0 Å². The first-order valence-electron chi connectivity index (χ1n) is 4.96. The lowest BCUT2D eigenvalue weighted by atomic mass is 10.0. The molecule has 0 bridgehead atoms. The molecule has 0 spiro atoms. The summed E-state index contributed by atoms with van der Waals surface area (Å²) in [5.41, 5.74) is -0.705. The molecule has 0 radical (unpaired) electrons. The molecule has 0 heterocycles. The molecule has 13 heavy (non-hydrogen) atoms. The molecule has 0 aliphatic heterocycles. The summed E-state index contributed by atoms with van der Waals surface area (Å²) in [7, 11) is 1.61. The minimum absolute atomic E-state index is 0.397. The SMILES string of the molecule is CCC(O)(CNCC(C)C)COC. The Kier molecular flexibility index (Phi) is 6.29. The summed E-state index contributed by atoms with van der Waals surface area (Å²) in [5, 5.41) is 13.2. The van der Waals surface area contributed by atoms with Gasteiger partial charge in [0.25, 0.3) is 0 Å². The molecular formula is C10H23NO2. The zero-order valence-electron chi connectivity index (χ0n) is 9.26. The Hall–Kier alpha value is -0.120. The first-order chi connectivity index (χ1) is 6.04. The van der Waals surface area contributed by atoms with Crippen LogP contribution in [0.5, 0.6) is 0 Å². The van der Waals surface area contributed by atoms with Gasteiger partial charge in [0.05, 0.1) is 6.61 Å². The lowest BCUT2D eigenvalue weighted by Crippen LogP contribution is -2.44. The number of nitrogens with one attached hydrogen (secondary N) is 1. The molecule has 0 aromatic carbocycles. The van der Waals surface area contributed by atoms with E-state index in [2.05, 4.69) is 19.2 Å². The topological polar surface area (TPSA) is 41.5 Å². The van der Waals surface area contributed by atoms with Crippen molar-refractivity contribution in [1.82, 2.24) is 5.32 Å². The highest BCUT2D eigenvalue weighted by Gasteiger charge is 2.23. The van der Waals surface area contributed by atoms with Gasteiger partial charge in [-0.1, -0.05) is 20.8 Å². The third-order valence-electron chi connectivity index (χ3n) is 2.08. The molecule has 80 valence electrons. The molecular weight excluding hydrogens is 166 g/mol. The fraction of sp³-hybridized carbons (Fsp3) is 1.00. The highest BCUT2D eigenvalue weighted by Crippen LogP contribution is 2.08. The number of hydrogen-bond acceptors (Lipinski definition) is 3. The van der Waals surface area contributed by atoms with E-state index in [-0.39, 0.29) is 0 Å². The van der Waals surface area contributed by atoms with Gasteiger partial charge in [0.2, 0.25) is 0 Å². The fourth-order valence-corrected chi connectivity index (χ4v) is 1.14. The van der Waals surface area contributed by atoms with E-state index in [4.69, 9.17) is 4.74 Å². The molecule has 0 aromatic heterocycles. The smallest absolute Gasteiger partial charge is 0.100 e. The van der Waals surface area contributed by atoms with Gasteiger partial charge < -0.3 is 15.2 Å². The van der Waals surface area contributed by atoms with Gasteiger partial charge in [-0.2, -0.15) is 0 Å². The van der Waals surface area contributed by atoms with Crippen LogP contribution >= 0.6 is 0 Å². The molecule has 0 amide bonds. The van der Waals surface area contributed by atoms with E-state index in [1.54, 1.807) is 7.11 Å². The quantitative estimate of drug-likeness (QED) is 0.628. The van der Waals surface area contributed by atoms with E-state index >= 15 is 0 Å². The van der Waals surface area contributed by atoms with Crippen LogP contribution in [0, 0.1) is 5.92 Å². The second kappa shape index (κ2) is 6.35. The van der Waals surface area contributed by atoms with Gasteiger partial charge in [0, 0.05) is 13.7 Å². The largest absolute Gasteiger partial charge is 0.386 e. The van der Waals surface area contributed by atoms with Crippen molar-refractivity contribution in [3.05, 3.63) is 0 Å². The van der Waals surface area contributed by atoms with Crippen molar-refractivity contribution in [2.45, 2.75) is 32.8 Å². The van der Waals surface area contributed by atoms with Gasteiger partial charge in [-0.15, -0.1) is 0 Å². The van der Waals surface area contributed by atoms with Crippen molar-refractivity contribution in [1.29, 1.82) is 0 Å². The lowest BCUT2D eigenvalue weighted by molar-refractivity contribution is -0.0326. The van der Waals surface area contributed by atoms with Crippen LogP contribution in [0.4, 0.5) is 0 Å². The number of methoxy groups -OCH3 is 1. The highest BCUT2D eigenvalue weighted by molar-refractivity contribution is 4.79. The average molecular weight is 189 g/mol. The molecule has 1 unspecified atom stereocenters. The minimum Gasteiger partial charge on any atom is -0.386 e. The first kappa shape index (κ1) is 12.9. The fourth-order valence-electron chi connectivity index (χ4n) is 1.14. The molecule has 0 aliphatic rings. The Morgan fingerprint density at radius 2 is 2.08 bits per heavy atom. The lowest BCUT2D eigenvalue weighted by Gasteiger charge is -2.26. The molecule has 0 saturated heterocycles. The van der Waals surface area contributed by atoms with E-state index in [9.17, 15) is 5.11 Å². The number of aliphatic hydroxyl groups is 1. The van der Waals surface area contributed by atoms with E-state index < -0.39 is 5.60 Å². The minimum atomic E-state index is -0.705. The van der Waals surface area contributed by atoms with Crippen LogP contribution in [-0.2, 0) is 4.74 Å². The predicted octanol–water partition coefficient (Wildman–Crippen LogP) is 1.02. The van der Waals surface area contributed by atoms with E-state index in [0.29, 0.717) is 25.5 Å². The molecule has 3 heteroatoms.